The van der Waals surface area contributed by atoms with Gasteiger partial charge in [0.25, 0.3) is 0 Å². The second-order valence-electron chi connectivity index (χ2n) is 9.34. The van der Waals surface area contributed by atoms with E-state index in [-0.39, 0.29) is 11.4 Å². The maximum atomic E-state index is 12.5. The van der Waals surface area contributed by atoms with Crippen LogP contribution in [0.15, 0.2) is 0 Å². The van der Waals surface area contributed by atoms with E-state index in [1.807, 2.05) is 0 Å². The van der Waals surface area contributed by atoms with Gasteiger partial charge in [0.15, 0.2) is 0 Å². The van der Waals surface area contributed by atoms with Crippen molar-refractivity contribution in [3.63, 3.8) is 0 Å². The van der Waals surface area contributed by atoms with E-state index in [0.29, 0.717) is 0 Å². The van der Waals surface area contributed by atoms with Gasteiger partial charge in [0.05, 0.1) is 12.5 Å². The molecule has 2 nitrogen and oxygen atoms in total. The molecule has 0 amide bonds. The van der Waals surface area contributed by atoms with Gasteiger partial charge in [-0.05, 0) is 62.7 Å². The summed E-state index contributed by atoms with van der Waals surface area (Å²) in [5.74, 6) is 2.88. The minimum atomic E-state index is -0.155. The van der Waals surface area contributed by atoms with Crippen LogP contribution >= 0.6 is 0 Å². The second kappa shape index (κ2) is 11.3. The zero-order chi connectivity index (χ0) is 18.8. The Balaban J connectivity index is 1.78. The number of methoxy groups -OCH3 is 1. The Labute approximate surface area is 162 Å². The predicted molar refractivity (Wildman–Crippen MR) is 110 cm³/mol. The standard InChI is InChI=1S/C24H44O2/c1-4-6-8-10-20-11-13-21(14-12-20)22-15-18-24(19-16-22,23(25)26-3)17-9-7-5-2/h20-22H,4-19H2,1-3H3. The summed E-state index contributed by atoms with van der Waals surface area (Å²) in [5, 5.41) is 0. The molecule has 0 unspecified atom stereocenters. The van der Waals surface area contributed by atoms with Crippen LogP contribution in [0.3, 0.4) is 0 Å². The van der Waals surface area contributed by atoms with Crippen LogP contribution in [0, 0.1) is 23.2 Å². The van der Waals surface area contributed by atoms with Crippen molar-refractivity contribution in [3.05, 3.63) is 0 Å². The molecule has 2 aliphatic carbocycles. The van der Waals surface area contributed by atoms with Crippen LogP contribution < -0.4 is 0 Å². The molecule has 2 saturated carbocycles. The molecular formula is C24H44O2. The Morgan fingerprint density at radius 2 is 1.42 bits per heavy atom. The molecule has 0 spiro atoms. The quantitative estimate of drug-likeness (QED) is 0.300. The van der Waals surface area contributed by atoms with Gasteiger partial charge in [-0.1, -0.05) is 71.6 Å². The molecule has 0 aromatic carbocycles. The van der Waals surface area contributed by atoms with Crippen LogP contribution in [0.1, 0.15) is 117 Å². The van der Waals surface area contributed by atoms with Crippen molar-refractivity contribution in [1.29, 1.82) is 0 Å². The molecule has 2 rings (SSSR count). The summed E-state index contributed by atoms with van der Waals surface area (Å²) in [4.78, 5) is 12.5. The SMILES string of the molecule is CCCCCC1CCC(C2CCC(CCCCC)(C(=O)OC)CC2)CC1. The summed E-state index contributed by atoms with van der Waals surface area (Å²) < 4.78 is 5.23. The molecule has 0 N–H and O–H groups in total. The number of carbonyl (C=O) groups excluding carboxylic acids is 1. The summed E-state index contributed by atoms with van der Waals surface area (Å²) >= 11 is 0. The molecule has 0 heterocycles. The first-order valence-corrected chi connectivity index (χ1v) is 11.7. The Morgan fingerprint density at radius 1 is 0.846 bits per heavy atom. The summed E-state index contributed by atoms with van der Waals surface area (Å²) in [5.41, 5.74) is -0.155. The second-order valence-corrected chi connectivity index (χ2v) is 9.34. The third kappa shape index (κ3) is 5.99. The molecule has 0 aromatic rings. The Hall–Kier alpha value is -0.530. The number of hydrogen-bond acceptors (Lipinski definition) is 2. The van der Waals surface area contributed by atoms with E-state index in [1.165, 1.54) is 83.5 Å². The molecule has 0 aromatic heterocycles. The highest BCUT2D eigenvalue weighted by atomic mass is 16.5. The van der Waals surface area contributed by atoms with Crippen LogP contribution in [-0.4, -0.2) is 13.1 Å². The molecule has 0 bridgehead atoms. The number of ether oxygens (including phenoxy) is 1. The largest absolute Gasteiger partial charge is 0.469 e. The number of unbranched alkanes of at least 4 members (excludes halogenated alkanes) is 4. The monoisotopic (exact) mass is 364 g/mol. The van der Waals surface area contributed by atoms with Crippen LogP contribution in [0.5, 0.6) is 0 Å². The van der Waals surface area contributed by atoms with Gasteiger partial charge in [-0.3, -0.25) is 4.79 Å². The zero-order valence-electron chi connectivity index (χ0n) is 17.9. The highest BCUT2D eigenvalue weighted by Gasteiger charge is 2.43. The number of esters is 1. The van der Waals surface area contributed by atoms with Crippen LogP contribution in [0.25, 0.3) is 0 Å². The lowest BCUT2D eigenvalue weighted by Gasteiger charge is -2.42. The van der Waals surface area contributed by atoms with Crippen LogP contribution in [0.4, 0.5) is 0 Å². The Kier molecular flexibility index (Phi) is 9.50. The summed E-state index contributed by atoms with van der Waals surface area (Å²) in [7, 11) is 1.58. The van der Waals surface area contributed by atoms with Crippen molar-refractivity contribution in [1.82, 2.24) is 0 Å². The van der Waals surface area contributed by atoms with Gasteiger partial charge < -0.3 is 4.74 Å². The Morgan fingerprint density at radius 3 is 2.00 bits per heavy atom. The third-order valence-corrected chi connectivity index (χ3v) is 7.64. The van der Waals surface area contributed by atoms with Crippen molar-refractivity contribution in [2.75, 3.05) is 7.11 Å². The molecule has 2 aliphatic rings. The fourth-order valence-electron chi connectivity index (χ4n) is 5.78. The average molecular weight is 365 g/mol. The molecule has 2 fully saturated rings. The third-order valence-electron chi connectivity index (χ3n) is 7.64. The Bertz CT molecular complexity index is 387. The zero-order valence-corrected chi connectivity index (χ0v) is 17.9. The summed E-state index contributed by atoms with van der Waals surface area (Å²) in [6.45, 7) is 4.54. The van der Waals surface area contributed by atoms with Crippen molar-refractivity contribution < 1.29 is 9.53 Å². The molecule has 0 radical (unpaired) electrons. The normalized spacial score (nSPS) is 32.3. The van der Waals surface area contributed by atoms with Gasteiger partial charge in [-0.25, -0.2) is 0 Å². The minimum absolute atomic E-state index is 0.0756. The highest BCUT2D eigenvalue weighted by Crippen LogP contribution is 2.48. The van der Waals surface area contributed by atoms with Gasteiger partial charge in [-0.2, -0.15) is 0 Å². The number of rotatable bonds is 10. The average Bonchev–Trinajstić information content (AvgIpc) is 2.69. The maximum Gasteiger partial charge on any atom is 0.311 e. The smallest absolute Gasteiger partial charge is 0.311 e. The first kappa shape index (κ1) is 21.8. The molecule has 152 valence electrons. The number of carbonyl (C=O) groups is 1. The van der Waals surface area contributed by atoms with Crippen molar-refractivity contribution >= 4 is 5.97 Å². The van der Waals surface area contributed by atoms with Gasteiger partial charge in [0, 0.05) is 0 Å². The summed E-state index contributed by atoms with van der Waals surface area (Å²) in [6, 6.07) is 0. The topological polar surface area (TPSA) is 26.3 Å². The van der Waals surface area contributed by atoms with Crippen LogP contribution in [-0.2, 0) is 9.53 Å². The van der Waals surface area contributed by atoms with E-state index < -0.39 is 0 Å². The lowest BCUT2D eigenvalue weighted by Crippen LogP contribution is -2.38. The van der Waals surface area contributed by atoms with Crippen molar-refractivity contribution in [2.24, 2.45) is 23.2 Å². The van der Waals surface area contributed by atoms with E-state index >= 15 is 0 Å². The molecular weight excluding hydrogens is 320 g/mol. The fraction of sp³-hybridized carbons (Fsp3) is 0.958. The summed E-state index contributed by atoms with van der Waals surface area (Å²) in [6.07, 6.45) is 20.8. The first-order valence-electron chi connectivity index (χ1n) is 11.7. The van der Waals surface area contributed by atoms with E-state index in [1.54, 1.807) is 7.11 Å². The van der Waals surface area contributed by atoms with E-state index in [9.17, 15) is 4.79 Å². The minimum Gasteiger partial charge on any atom is -0.469 e. The maximum absolute atomic E-state index is 12.5. The predicted octanol–water partition coefficient (Wildman–Crippen LogP) is 7.30. The lowest BCUT2D eigenvalue weighted by atomic mass is 9.63. The highest BCUT2D eigenvalue weighted by molar-refractivity contribution is 5.76. The lowest BCUT2D eigenvalue weighted by molar-refractivity contribution is -0.156. The van der Waals surface area contributed by atoms with Gasteiger partial charge in [0.1, 0.15) is 0 Å². The first-order chi connectivity index (χ1) is 12.6. The fourth-order valence-corrected chi connectivity index (χ4v) is 5.78. The van der Waals surface area contributed by atoms with Crippen molar-refractivity contribution in [2.45, 2.75) is 117 Å². The van der Waals surface area contributed by atoms with Gasteiger partial charge in [0.2, 0.25) is 0 Å². The number of hydrogen-bond donors (Lipinski definition) is 0. The molecule has 26 heavy (non-hydrogen) atoms. The van der Waals surface area contributed by atoms with E-state index in [4.69, 9.17) is 4.74 Å². The van der Waals surface area contributed by atoms with E-state index in [2.05, 4.69) is 13.8 Å². The van der Waals surface area contributed by atoms with Crippen LogP contribution in [0.2, 0.25) is 0 Å². The molecule has 0 saturated heterocycles. The molecule has 0 aliphatic heterocycles. The van der Waals surface area contributed by atoms with Gasteiger partial charge >= 0.3 is 5.97 Å². The van der Waals surface area contributed by atoms with Gasteiger partial charge in [-0.15, -0.1) is 0 Å². The van der Waals surface area contributed by atoms with E-state index in [0.717, 1.165) is 37.0 Å². The van der Waals surface area contributed by atoms with Crippen molar-refractivity contribution in [3.8, 4) is 0 Å². The molecule has 2 heteroatoms. The molecule has 0 atom stereocenters.